The van der Waals surface area contributed by atoms with Crippen LogP contribution in [0.3, 0.4) is 0 Å². The molecule has 1 rings (SSSR count). The van der Waals surface area contributed by atoms with Gasteiger partial charge in [0.1, 0.15) is 0 Å². The quantitative estimate of drug-likeness (QED) is 0.570. The second-order valence-corrected chi connectivity index (χ2v) is 3.34. The molecule has 0 aromatic carbocycles. The van der Waals surface area contributed by atoms with Crippen molar-refractivity contribution in [3.63, 3.8) is 0 Å². The van der Waals surface area contributed by atoms with E-state index in [9.17, 15) is 14.7 Å². The number of methoxy groups -OCH3 is 1. The summed E-state index contributed by atoms with van der Waals surface area (Å²) in [6.07, 6.45) is -0.624. The zero-order valence-electron chi connectivity index (χ0n) is 8.56. The molecular weight excluding hydrogens is 202 g/mol. The maximum Gasteiger partial charge on any atom is 0.336 e. The van der Waals surface area contributed by atoms with E-state index in [2.05, 4.69) is 10.1 Å². The number of aliphatic hydroxyl groups excluding tert-OH is 1. The molecule has 2 N–H and O–H groups in total. The maximum absolute atomic E-state index is 11.4. The summed E-state index contributed by atoms with van der Waals surface area (Å²) in [5.74, 6) is -1.12. The molecule has 0 aliphatic carbocycles. The summed E-state index contributed by atoms with van der Waals surface area (Å²) in [7, 11) is 1.18. The van der Waals surface area contributed by atoms with E-state index in [0.29, 0.717) is 19.6 Å². The number of esters is 1. The topological polar surface area (TPSA) is 84.9 Å². The largest absolute Gasteiger partial charge is 0.467 e. The van der Waals surface area contributed by atoms with Crippen LogP contribution in [-0.4, -0.2) is 50.0 Å². The Morgan fingerprint density at radius 2 is 2.40 bits per heavy atom. The summed E-state index contributed by atoms with van der Waals surface area (Å²) in [4.78, 5) is 22.2. The molecule has 0 bridgehead atoms. The molecular formula is C9H15NO5. The highest BCUT2D eigenvalue weighted by molar-refractivity contribution is 5.80. The van der Waals surface area contributed by atoms with Crippen LogP contribution in [0.2, 0.25) is 0 Å². The van der Waals surface area contributed by atoms with Crippen molar-refractivity contribution in [2.24, 2.45) is 5.92 Å². The van der Waals surface area contributed by atoms with Gasteiger partial charge in [-0.05, 0) is 6.42 Å². The first-order valence-corrected chi connectivity index (χ1v) is 4.76. The fourth-order valence-electron chi connectivity index (χ4n) is 1.30. The van der Waals surface area contributed by atoms with E-state index in [0.717, 1.165) is 0 Å². The molecule has 1 heterocycles. The van der Waals surface area contributed by atoms with Crippen LogP contribution < -0.4 is 5.32 Å². The Balaban J connectivity index is 2.24. The second-order valence-electron chi connectivity index (χ2n) is 3.34. The fourth-order valence-corrected chi connectivity index (χ4v) is 1.30. The van der Waals surface area contributed by atoms with Gasteiger partial charge < -0.3 is 19.9 Å². The second kappa shape index (κ2) is 5.67. The van der Waals surface area contributed by atoms with Gasteiger partial charge in [-0.1, -0.05) is 0 Å². The third kappa shape index (κ3) is 3.49. The smallest absolute Gasteiger partial charge is 0.336 e. The maximum atomic E-state index is 11.4. The molecule has 15 heavy (non-hydrogen) atoms. The Morgan fingerprint density at radius 3 is 2.93 bits per heavy atom. The van der Waals surface area contributed by atoms with Crippen LogP contribution >= 0.6 is 0 Å². The Kier molecular flexibility index (Phi) is 4.51. The highest BCUT2D eigenvalue weighted by atomic mass is 16.5. The number of ether oxygens (including phenoxy) is 2. The Bertz CT molecular complexity index is 237. The van der Waals surface area contributed by atoms with Gasteiger partial charge in [0.25, 0.3) is 0 Å². The monoisotopic (exact) mass is 217 g/mol. The lowest BCUT2D eigenvalue weighted by Crippen LogP contribution is -2.40. The number of aliphatic hydroxyl groups is 1. The molecule has 6 heteroatoms. The average molecular weight is 217 g/mol. The normalized spacial score (nSPS) is 22.1. The number of carbonyl (C=O) groups excluding carboxylic acids is 2. The lowest BCUT2D eigenvalue weighted by Gasteiger charge is -2.12. The van der Waals surface area contributed by atoms with Gasteiger partial charge in [-0.2, -0.15) is 0 Å². The van der Waals surface area contributed by atoms with Gasteiger partial charge in [0, 0.05) is 6.61 Å². The van der Waals surface area contributed by atoms with Gasteiger partial charge in [0.2, 0.25) is 5.91 Å². The summed E-state index contributed by atoms with van der Waals surface area (Å²) < 4.78 is 9.34. The van der Waals surface area contributed by atoms with Crippen LogP contribution in [-0.2, 0) is 19.1 Å². The minimum atomic E-state index is -1.30. The zero-order chi connectivity index (χ0) is 11.3. The summed E-state index contributed by atoms with van der Waals surface area (Å²) in [6, 6.07) is 0. The number of hydrogen-bond acceptors (Lipinski definition) is 5. The summed E-state index contributed by atoms with van der Waals surface area (Å²) in [6.45, 7) is 0.861. The molecule has 2 atom stereocenters. The van der Waals surface area contributed by atoms with Crippen molar-refractivity contribution >= 4 is 11.9 Å². The molecule has 1 amide bonds. The first-order valence-electron chi connectivity index (χ1n) is 4.76. The van der Waals surface area contributed by atoms with E-state index in [-0.39, 0.29) is 18.4 Å². The number of carbonyl (C=O) groups is 2. The number of hydrogen-bond donors (Lipinski definition) is 2. The van der Waals surface area contributed by atoms with Gasteiger partial charge >= 0.3 is 5.97 Å². The van der Waals surface area contributed by atoms with Crippen molar-refractivity contribution in [3.05, 3.63) is 0 Å². The van der Waals surface area contributed by atoms with Crippen molar-refractivity contribution in [2.75, 3.05) is 26.9 Å². The molecule has 0 aromatic rings. The summed E-state index contributed by atoms with van der Waals surface area (Å²) in [5, 5.41) is 11.7. The van der Waals surface area contributed by atoms with Crippen LogP contribution in [0.1, 0.15) is 6.42 Å². The number of rotatable bonds is 4. The summed E-state index contributed by atoms with van der Waals surface area (Å²) >= 11 is 0. The minimum absolute atomic E-state index is 0.123. The van der Waals surface area contributed by atoms with E-state index >= 15 is 0 Å². The molecule has 1 aliphatic rings. The number of nitrogens with one attached hydrogen (secondary N) is 1. The SMILES string of the molecule is COC(=O)C(O)CNC(=O)C1CCOC1. The molecule has 6 nitrogen and oxygen atoms in total. The molecule has 1 fully saturated rings. The third-order valence-corrected chi connectivity index (χ3v) is 2.24. The zero-order valence-corrected chi connectivity index (χ0v) is 8.56. The highest BCUT2D eigenvalue weighted by Gasteiger charge is 2.24. The standard InChI is InChI=1S/C9H15NO5/c1-14-9(13)7(11)4-10-8(12)6-2-3-15-5-6/h6-7,11H,2-5H2,1H3,(H,10,12). The lowest BCUT2D eigenvalue weighted by atomic mass is 10.1. The van der Waals surface area contributed by atoms with Gasteiger partial charge in [-0.25, -0.2) is 4.79 Å². The Hall–Kier alpha value is -1.14. The third-order valence-electron chi connectivity index (χ3n) is 2.24. The fraction of sp³-hybridized carbons (Fsp3) is 0.778. The predicted molar refractivity (Wildman–Crippen MR) is 50.0 cm³/mol. The molecule has 1 aliphatic heterocycles. The lowest BCUT2D eigenvalue weighted by molar-refractivity contribution is -0.150. The van der Waals surface area contributed by atoms with E-state index in [1.807, 2.05) is 0 Å². The molecule has 0 aromatic heterocycles. The van der Waals surface area contributed by atoms with Crippen LogP contribution in [0.4, 0.5) is 0 Å². The molecule has 0 spiro atoms. The number of amides is 1. The molecule has 0 radical (unpaired) electrons. The Morgan fingerprint density at radius 1 is 1.67 bits per heavy atom. The van der Waals surface area contributed by atoms with Gasteiger partial charge in [-0.3, -0.25) is 4.79 Å². The van der Waals surface area contributed by atoms with Gasteiger partial charge in [0.15, 0.2) is 6.10 Å². The minimum Gasteiger partial charge on any atom is -0.467 e. The van der Waals surface area contributed by atoms with E-state index in [4.69, 9.17) is 4.74 Å². The first kappa shape index (κ1) is 11.9. The van der Waals surface area contributed by atoms with Crippen molar-refractivity contribution < 1.29 is 24.2 Å². The van der Waals surface area contributed by atoms with Crippen molar-refractivity contribution in [3.8, 4) is 0 Å². The first-order chi connectivity index (χ1) is 7.15. The van der Waals surface area contributed by atoms with Gasteiger partial charge in [0.05, 0.1) is 26.2 Å². The van der Waals surface area contributed by atoms with Crippen LogP contribution in [0.5, 0.6) is 0 Å². The molecule has 2 unspecified atom stereocenters. The predicted octanol–water partition coefficient (Wildman–Crippen LogP) is -1.33. The Labute approximate surface area is 87.5 Å². The average Bonchev–Trinajstić information content (AvgIpc) is 2.77. The van der Waals surface area contributed by atoms with Crippen molar-refractivity contribution in [2.45, 2.75) is 12.5 Å². The van der Waals surface area contributed by atoms with Crippen LogP contribution in [0.15, 0.2) is 0 Å². The molecule has 1 saturated heterocycles. The van der Waals surface area contributed by atoms with Crippen molar-refractivity contribution in [1.29, 1.82) is 0 Å². The van der Waals surface area contributed by atoms with Crippen LogP contribution in [0, 0.1) is 5.92 Å². The van der Waals surface area contributed by atoms with Crippen molar-refractivity contribution in [1.82, 2.24) is 5.32 Å². The highest BCUT2D eigenvalue weighted by Crippen LogP contribution is 2.11. The summed E-state index contributed by atoms with van der Waals surface area (Å²) in [5.41, 5.74) is 0. The van der Waals surface area contributed by atoms with Gasteiger partial charge in [-0.15, -0.1) is 0 Å². The van der Waals surface area contributed by atoms with Crippen LogP contribution in [0.25, 0.3) is 0 Å². The molecule has 86 valence electrons. The van der Waals surface area contributed by atoms with E-state index < -0.39 is 12.1 Å². The molecule has 0 saturated carbocycles. The van der Waals surface area contributed by atoms with E-state index in [1.54, 1.807) is 0 Å². The van der Waals surface area contributed by atoms with E-state index in [1.165, 1.54) is 7.11 Å².